The van der Waals surface area contributed by atoms with Crippen LogP contribution >= 0.6 is 0 Å². The Morgan fingerprint density at radius 1 is 1.50 bits per heavy atom. The average Bonchev–Trinajstić information content (AvgIpc) is 2.69. The van der Waals surface area contributed by atoms with Crippen LogP contribution in [-0.2, 0) is 16.6 Å². The maximum absolute atomic E-state index is 11.8. The molecule has 1 aromatic heterocycles. The Morgan fingerprint density at radius 3 is 2.50 bits per heavy atom. The fourth-order valence-corrected chi connectivity index (χ4v) is 1.55. The molecule has 0 radical (unpaired) electrons. The quantitative estimate of drug-likeness (QED) is 0.448. The molecule has 0 aromatic carbocycles. The molecule has 10 nitrogen and oxygen atoms in total. The summed E-state index contributed by atoms with van der Waals surface area (Å²) in [5.41, 5.74) is 4.77. The lowest BCUT2D eigenvalue weighted by Crippen LogP contribution is -2.43. The molecule has 10 heteroatoms. The molecular weight excluding hydrogens is 272 g/mol. The molecule has 0 fully saturated rings. The van der Waals surface area contributed by atoms with Gasteiger partial charge in [0.2, 0.25) is 5.91 Å². The zero-order valence-electron chi connectivity index (χ0n) is 10.4. The number of nitrogens with one attached hydrogen (secondary N) is 1. The molecule has 4 N–H and O–H groups in total. The summed E-state index contributed by atoms with van der Waals surface area (Å²) >= 11 is 0. The summed E-state index contributed by atoms with van der Waals surface area (Å²) < 4.78 is 0.999. The van der Waals surface area contributed by atoms with Crippen molar-refractivity contribution in [2.75, 3.05) is 0 Å². The van der Waals surface area contributed by atoms with Crippen molar-refractivity contribution in [3.8, 4) is 0 Å². The van der Waals surface area contributed by atoms with Crippen LogP contribution in [0.25, 0.3) is 0 Å². The Morgan fingerprint density at radius 2 is 2.10 bits per heavy atom. The van der Waals surface area contributed by atoms with Crippen molar-refractivity contribution in [2.45, 2.75) is 12.5 Å². The minimum absolute atomic E-state index is 0.104. The molecule has 0 unspecified atom stereocenters. The topological polar surface area (TPSA) is 158 Å². The third-order valence-corrected chi connectivity index (χ3v) is 2.52. The first kappa shape index (κ1) is 15.1. The van der Waals surface area contributed by atoms with Crippen LogP contribution in [0.2, 0.25) is 0 Å². The summed E-state index contributed by atoms with van der Waals surface area (Å²) in [5.74, 6) is -3.50. The summed E-state index contributed by atoms with van der Waals surface area (Å²) in [6.45, 7) is 0. The van der Waals surface area contributed by atoms with Gasteiger partial charge in [0.15, 0.2) is 5.69 Å². The van der Waals surface area contributed by atoms with E-state index >= 15 is 0 Å². The zero-order chi connectivity index (χ0) is 15.4. The standard InChI is InChI=1S/C10H12N4O6/c1-13-6(2-3-8(13)14(19)20)9(16)12-5(10(17)18)4-7(11)15/h2-3,5H,4H2,1H3,(H2,11,15)(H,12,16)(H,17,18)/t5-/m1/s1. The van der Waals surface area contributed by atoms with Crippen LogP contribution in [0, 0.1) is 10.1 Å². The monoisotopic (exact) mass is 284 g/mol. The van der Waals surface area contributed by atoms with Crippen LogP contribution in [0.5, 0.6) is 0 Å². The van der Waals surface area contributed by atoms with E-state index in [2.05, 4.69) is 5.32 Å². The number of nitrogens with zero attached hydrogens (tertiary/aromatic N) is 2. The van der Waals surface area contributed by atoms with E-state index in [1.54, 1.807) is 0 Å². The highest BCUT2D eigenvalue weighted by atomic mass is 16.6. The number of nitrogens with two attached hydrogens (primary N) is 1. The minimum atomic E-state index is -1.49. The van der Waals surface area contributed by atoms with Gasteiger partial charge in [-0.3, -0.25) is 9.59 Å². The molecule has 2 amide bonds. The van der Waals surface area contributed by atoms with E-state index in [-0.39, 0.29) is 11.5 Å². The molecule has 0 spiro atoms. The summed E-state index contributed by atoms with van der Waals surface area (Å²) in [6.07, 6.45) is -0.576. The van der Waals surface area contributed by atoms with Gasteiger partial charge in [-0.15, -0.1) is 0 Å². The Hall–Kier alpha value is -2.91. The van der Waals surface area contributed by atoms with Crippen molar-refractivity contribution in [1.29, 1.82) is 0 Å². The van der Waals surface area contributed by atoms with E-state index < -0.39 is 35.2 Å². The Bertz CT molecular complexity index is 578. The first-order valence-electron chi connectivity index (χ1n) is 5.36. The van der Waals surface area contributed by atoms with E-state index in [1.807, 2.05) is 0 Å². The zero-order valence-corrected chi connectivity index (χ0v) is 10.4. The van der Waals surface area contributed by atoms with Gasteiger partial charge >= 0.3 is 11.8 Å². The van der Waals surface area contributed by atoms with Gasteiger partial charge in [0, 0.05) is 6.07 Å². The highest BCUT2D eigenvalue weighted by Crippen LogP contribution is 2.15. The number of hydrogen-bond acceptors (Lipinski definition) is 5. The van der Waals surface area contributed by atoms with E-state index in [1.165, 1.54) is 13.1 Å². The number of carbonyl (C=O) groups excluding carboxylic acids is 2. The molecule has 1 rings (SSSR count). The van der Waals surface area contributed by atoms with Crippen molar-refractivity contribution in [3.05, 3.63) is 27.9 Å². The molecule has 0 bridgehead atoms. The Kier molecular flexibility index (Phi) is 4.41. The van der Waals surface area contributed by atoms with Crippen molar-refractivity contribution in [3.63, 3.8) is 0 Å². The highest BCUT2D eigenvalue weighted by molar-refractivity contribution is 5.96. The van der Waals surface area contributed by atoms with E-state index in [4.69, 9.17) is 10.8 Å². The van der Waals surface area contributed by atoms with Gasteiger partial charge in [-0.25, -0.2) is 9.36 Å². The first-order chi connectivity index (χ1) is 9.23. The smallest absolute Gasteiger partial charge is 0.326 e. The number of nitro groups is 1. The number of aliphatic carboxylic acids is 1. The Balaban J connectivity index is 2.92. The fraction of sp³-hybridized carbons (Fsp3) is 0.300. The number of amides is 2. The average molecular weight is 284 g/mol. The fourth-order valence-electron chi connectivity index (χ4n) is 1.55. The normalized spacial score (nSPS) is 11.7. The lowest BCUT2D eigenvalue weighted by atomic mass is 10.2. The van der Waals surface area contributed by atoms with Crippen molar-refractivity contribution < 1.29 is 24.4 Å². The van der Waals surface area contributed by atoms with Gasteiger partial charge in [-0.1, -0.05) is 0 Å². The van der Waals surface area contributed by atoms with Crippen LogP contribution in [0.15, 0.2) is 12.1 Å². The van der Waals surface area contributed by atoms with Crippen LogP contribution in [0.3, 0.4) is 0 Å². The van der Waals surface area contributed by atoms with Crippen molar-refractivity contribution in [1.82, 2.24) is 9.88 Å². The second-order valence-corrected chi connectivity index (χ2v) is 3.93. The number of rotatable bonds is 6. The predicted octanol–water partition coefficient (Wildman–Crippen LogP) is -1.01. The Labute approximate surface area is 112 Å². The predicted molar refractivity (Wildman–Crippen MR) is 64.8 cm³/mol. The van der Waals surface area contributed by atoms with Gasteiger partial charge in [0.1, 0.15) is 6.04 Å². The lowest BCUT2D eigenvalue weighted by Gasteiger charge is -2.11. The first-order valence-corrected chi connectivity index (χ1v) is 5.36. The molecule has 20 heavy (non-hydrogen) atoms. The molecule has 0 aliphatic heterocycles. The van der Waals surface area contributed by atoms with Crippen LogP contribution in [0.1, 0.15) is 16.9 Å². The largest absolute Gasteiger partial charge is 0.480 e. The number of hydrogen-bond donors (Lipinski definition) is 3. The molecule has 0 aliphatic carbocycles. The van der Waals surface area contributed by atoms with Gasteiger partial charge in [0.25, 0.3) is 5.91 Å². The number of carboxylic acid groups (broad SMARTS) is 1. The van der Waals surface area contributed by atoms with Crippen LogP contribution in [-0.4, -0.2) is 38.4 Å². The van der Waals surface area contributed by atoms with Gasteiger partial charge < -0.3 is 26.3 Å². The molecular formula is C10H12N4O6. The summed E-state index contributed by atoms with van der Waals surface area (Å²) in [6, 6.07) is 0.795. The maximum Gasteiger partial charge on any atom is 0.326 e. The molecule has 0 aliphatic rings. The van der Waals surface area contributed by atoms with Gasteiger partial charge in [-0.05, 0) is 11.0 Å². The molecule has 0 saturated carbocycles. The number of carbonyl (C=O) groups is 3. The minimum Gasteiger partial charge on any atom is -0.480 e. The van der Waals surface area contributed by atoms with E-state index in [9.17, 15) is 24.5 Å². The summed E-state index contributed by atoms with van der Waals surface area (Å²) in [4.78, 5) is 43.3. The summed E-state index contributed by atoms with van der Waals surface area (Å²) in [5, 5.41) is 21.5. The lowest BCUT2D eigenvalue weighted by molar-refractivity contribution is -0.391. The second-order valence-electron chi connectivity index (χ2n) is 3.93. The van der Waals surface area contributed by atoms with Gasteiger partial charge in [-0.2, -0.15) is 0 Å². The van der Waals surface area contributed by atoms with Crippen LogP contribution in [0.4, 0.5) is 5.82 Å². The number of aromatic nitrogens is 1. The molecule has 1 heterocycles. The molecule has 108 valence electrons. The van der Waals surface area contributed by atoms with Crippen molar-refractivity contribution in [2.24, 2.45) is 12.8 Å². The molecule has 1 atom stereocenters. The van der Waals surface area contributed by atoms with Crippen molar-refractivity contribution >= 4 is 23.6 Å². The third-order valence-electron chi connectivity index (χ3n) is 2.52. The van der Waals surface area contributed by atoms with E-state index in [0.29, 0.717) is 0 Å². The third kappa shape index (κ3) is 3.31. The van der Waals surface area contributed by atoms with E-state index in [0.717, 1.165) is 10.6 Å². The number of carboxylic acids is 1. The highest BCUT2D eigenvalue weighted by Gasteiger charge is 2.26. The maximum atomic E-state index is 11.8. The molecule has 0 saturated heterocycles. The number of primary amides is 1. The van der Waals surface area contributed by atoms with Crippen LogP contribution < -0.4 is 11.1 Å². The SMILES string of the molecule is Cn1c(C(=O)N[C@H](CC(N)=O)C(=O)O)ccc1[N+](=O)[O-]. The summed E-state index contributed by atoms with van der Waals surface area (Å²) in [7, 11) is 1.29. The van der Waals surface area contributed by atoms with Gasteiger partial charge in [0.05, 0.1) is 13.5 Å². The molecule has 1 aromatic rings. The second kappa shape index (κ2) is 5.82.